The predicted molar refractivity (Wildman–Crippen MR) is 74.1 cm³/mol. The summed E-state index contributed by atoms with van der Waals surface area (Å²) in [5, 5.41) is 7.50. The molecule has 1 aromatic rings. The first-order valence-corrected chi connectivity index (χ1v) is 7.36. The van der Waals surface area contributed by atoms with E-state index in [1.807, 2.05) is 24.3 Å². The molecule has 3 rings (SSSR count). The van der Waals surface area contributed by atoms with Gasteiger partial charge in [-0.3, -0.25) is 9.48 Å². The number of hydrogen-bond donors (Lipinski definition) is 1. The molecule has 0 bridgehead atoms. The fourth-order valence-corrected chi connectivity index (χ4v) is 2.94. The maximum Gasteiger partial charge on any atom is 0.239 e. The van der Waals surface area contributed by atoms with E-state index < -0.39 is 0 Å². The minimum Gasteiger partial charge on any atom is -0.370 e. The van der Waals surface area contributed by atoms with E-state index in [1.54, 1.807) is 4.68 Å². The molecule has 1 N–H and O–H groups in total. The second-order valence-electron chi connectivity index (χ2n) is 5.59. The summed E-state index contributed by atoms with van der Waals surface area (Å²) >= 11 is 0. The van der Waals surface area contributed by atoms with Gasteiger partial charge in [-0.05, 0) is 19.4 Å². The first kappa shape index (κ1) is 13.6. The van der Waals surface area contributed by atoms with Crippen LogP contribution in [0.4, 0.5) is 0 Å². The van der Waals surface area contributed by atoms with Crippen LogP contribution in [0.25, 0.3) is 0 Å². The number of aromatic nitrogens is 2. The Morgan fingerprint density at radius 1 is 1.50 bits per heavy atom. The van der Waals surface area contributed by atoms with E-state index in [4.69, 9.17) is 4.74 Å². The van der Waals surface area contributed by atoms with Crippen molar-refractivity contribution in [2.75, 3.05) is 26.2 Å². The van der Waals surface area contributed by atoms with Gasteiger partial charge < -0.3 is 15.0 Å². The van der Waals surface area contributed by atoms with Gasteiger partial charge in [-0.1, -0.05) is 6.42 Å². The van der Waals surface area contributed by atoms with Gasteiger partial charge in [0.15, 0.2) is 0 Å². The largest absolute Gasteiger partial charge is 0.370 e. The number of morpholine rings is 1. The number of aryl methyl sites for hydroxylation is 1. The SMILES string of the molecule is Cn1cc(C2CN(C(=O)C3CCCCN3)CCO2)cn1. The van der Waals surface area contributed by atoms with Gasteiger partial charge in [-0.25, -0.2) is 0 Å². The third-order valence-electron chi connectivity index (χ3n) is 4.08. The van der Waals surface area contributed by atoms with Crippen LogP contribution in [0.15, 0.2) is 12.4 Å². The second-order valence-corrected chi connectivity index (χ2v) is 5.59. The predicted octanol–water partition coefficient (Wildman–Crippen LogP) is 0.462. The van der Waals surface area contributed by atoms with E-state index in [-0.39, 0.29) is 18.1 Å². The normalized spacial score (nSPS) is 27.6. The second kappa shape index (κ2) is 5.93. The van der Waals surface area contributed by atoms with Crippen molar-refractivity contribution in [3.63, 3.8) is 0 Å². The van der Waals surface area contributed by atoms with E-state index in [2.05, 4.69) is 10.4 Å². The van der Waals surface area contributed by atoms with E-state index in [0.29, 0.717) is 19.7 Å². The lowest BCUT2D eigenvalue weighted by molar-refractivity contribution is -0.141. The number of carbonyl (C=O) groups excluding carboxylic acids is 1. The van der Waals surface area contributed by atoms with Gasteiger partial charge in [0, 0.05) is 25.4 Å². The Balaban J connectivity index is 1.63. The molecule has 0 aromatic carbocycles. The molecular formula is C14H22N4O2. The van der Waals surface area contributed by atoms with Crippen LogP contribution in [0.3, 0.4) is 0 Å². The van der Waals surface area contributed by atoms with Gasteiger partial charge >= 0.3 is 0 Å². The number of nitrogens with zero attached hydrogens (tertiary/aromatic N) is 3. The maximum atomic E-state index is 12.5. The molecule has 6 heteroatoms. The number of hydrogen-bond acceptors (Lipinski definition) is 4. The number of amides is 1. The van der Waals surface area contributed by atoms with Crippen molar-refractivity contribution >= 4 is 5.91 Å². The number of carbonyl (C=O) groups is 1. The van der Waals surface area contributed by atoms with Crippen molar-refractivity contribution in [1.82, 2.24) is 20.0 Å². The van der Waals surface area contributed by atoms with E-state index in [0.717, 1.165) is 24.9 Å². The first-order valence-electron chi connectivity index (χ1n) is 7.36. The minimum absolute atomic E-state index is 0.00333. The molecule has 0 radical (unpaired) electrons. The minimum atomic E-state index is -0.0509. The molecule has 2 unspecified atom stereocenters. The summed E-state index contributed by atoms with van der Waals surface area (Å²) in [7, 11) is 1.89. The molecule has 2 aliphatic rings. The molecule has 110 valence electrons. The van der Waals surface area contributed by atoms with Gasteiger partial charge in [0.2, 0.25) is 5.91 Å². The molecule has 3 heterocycles. The van der Waals surface area contributed by atoms with Crippen LogP contribution in [0.2, 0.25) is 0 Å². The Labute approximate surface area is 119 Å². The van der Waals surface area contributed by atoms with Gasteiger partial charge in [-0.2, -0.15) is 5.10 Å². The highest BCUT2D eigenvalue weighted by Gasteiger charge is 2.30. The van der Waals surface area contributed by atoms with Crippen LogP contribution in [0, 0.1) is 0 Å². The smallest absolute Gasteiger partial charge is 0.239 e. The van der Waals surface area contributed by atoms with E-state index in [9.17, 15) is 4.79 Å². The third-order valence-corrected chi connectivity index (χ3v) is 4.08. The lowest BCUT2D eigenvalue weighted by atomic mass is 10.0. The number of piperidine rings is 1. The van der Waals surface area contributed by atoms with Gasteiger partial charge in [0.1, 0.15) is 6.10 Å². The van der Waals surface area contributed by atoms with Crippen molar-refractivity contribution < 1.29 is 9.53 Å². The average Bonchev–Trinajstić information content (AvgIpc) is 2.94. The molecule has 2 atom stereocenters. The number of nitrogens with one attached hydrogen (secondary N) is 1. The zero-order valence-corrected chi connectivity index (χ0v) is 11.9. The van der Waals surface area contributed by atoms with E-state index >= 15 is 0 Å². The van der Waals surface area contributed by atoms with Crippen LogP contribution < -0.4 is 5.32 Å². The van der Waals surface area contributed by atoms with Gasteiger partial charge in [0.05, 0.1) is 25.4 Å². The van der Waals surface area contributed by atoms with Crippen molar-refractivity contribution in [3.05, 3.63) is 18.0 Å². The molecule has 0 saturated carbocycles. The molecule has 2 saturated heterocycles. The zero-order chi connectivity index (χ0) is 13.9. The zero-order valence-electron chi connectivity index (χ0n) is 11.9. The number of rotatable bonds is 2. The summed E-state index contributed by atoms with van der Waals surface area (Å²) in [6.07, 6.45) is 6.98. The quantitative estimate of drug-likeness (QED) is 0.854. The summed E-state index contributed by atoms with van der Waals surface area (Å²) in [4.78, 5) is 14.5. The summed E-state index contributed by atoms with van der Waals surface area (Å²) in [5.74, 6) is 0.224. The van der Waals surface area contributed by atoms with Crippen molar-refractivity contribution in [2.45, 2.75) is 31.4 Å². The Morgan fingerprint density at radius 3 is 3.10 bits per heavy atom. The van der Waals surface area contributed by atoms with Crippen molar-refractivity contribution in [3.8, 4) is 0 Å². The van der Waals surface area contributed by atoms with Crippen molar-refractivity contribution in [1.29, 1.82) is 0 Å². The molecule has 2 aliphatic heterocycles. The summed E-state index contributed by atoms with van der Waals surface area (Å²) in [6.45, 7) is 2.86. The van der Waals surface area contributed by atoms with Crippen LogP contribution >= 0.6 is 0 Å². The Morgan fingerprint density at radius 2 is 2.40 bits per heavy atom. The average molecular weight is 278 g/mol. The fourth-order valence-electron chi connectivity index (χ4n) is 2.94. The Kier molecular flexibility index (Phi) is 4.03. The van der Waals surface area contributed by atoms with E-state index in [1.165, 1.54) is 6.42 Å². The summed E-state index contributed by atoms with van der Waals surface area (Å²) in [6, 6.07) is -0.00333. The fraction of sp³-hybridized carbons (Fsp3) is 0.714. The molecular weight excluding hydrogens is 256 g/mol. The molecule has 0 aliphatic carbocycles. The molecule has 6 nitrogen and oxygen atoms in total. The maximum absolute atomic E-state index is 12.5. The first-order chi connectivity index (χ1) is 9.74. The number of ether oxygens (including phenoxy) is 1. The molecule has 20 heavy (non-hydrogen) atoms. The van der Waals surface area contributed by atoms with Gasteiger partial charge in [-0.15, -0.1) is 0 Å². The monoisotopic (exact) mass is 278 g/mol. The molecule has 0 spiro atoms. The summed E-state index contributed by atoms with van der Waals surface area (Å²) < 4.78 is 7.54. The Hall–Kier alpha value is -1.40. The molecule has 1 amide bonds. The van der Waals surface area contributed by atoms with Crippen LogP contribution in [0.5, 0.6) is 0 Å². The van der Waals surface area contributed by atoms with Crippen molar-refractivity contribution in [2.24, 2.45) is 7.05 Å². The highest BCUT2D eigenvalue weighted by molar-refractivity contribution is 5.82. The molecule has 2 fully saturated rings. The molecule has 1 aromatic heterocycles. The standard InChI is InChI=1S/C14H22N4O2/c1-17-9-11(8-16-17)13-10-18(6-7-20-13)14(19)12-4-2-3-5-15-12/h8-9,12-13,15H,2-7,10H2,1H3. The Bertz CT molecular complexity index is 467. The topological polar surface area (TPSA) is 59.4 Å². The van der Waals surface area contributed by atoms with Gasteiger partial charge in [0.25, 0.3) is 0 Å². The van der Waals surface area contributed by atoms with Crippen LogP contribution in [-0.4, -0.2) is 52.9 Å². The summed E-state index contributed by atoms with van der Waals surface area (Å²) in [5.41, 5.74) is 1.04. The lowest BCUT2D eigenvalue weighted by Crippen LogP contribution is -2.52. The lowest BCUT2D eigenvalue weighted by Gasteiger charge is -2.35. The third kappa shape index (κ3) is 2.86. The van der Waals surface area contributed by atoms with Crippen LogP contribution in [0.1, 0.15) is 30.9 Å². The highest BCUT2D eigenvalue weighted by atomic mass is 16.5. The highest BCUT2D eigenvalue weighted by Crippen LogP contribution is 2.22. The van der Waals surface area contributed by atoms with Crippen LogP contribution in [-0.2, 0) is 16.6 Å².